The van der Waals surface area contributed by atoms with Crippen LogP contribution in [-0.2, 0) is 4.79 Å². The molecule has 1 spiro atoms. The molecule has 23 heavy (non-hydrogen) atoms. The summed E-state index contributed by atoms with van der Waals surface area (Å²) in [6, 6.07) is 0. The second-order valence-electron chi connectivity index (χ2n) is 10.2. The summed E-state index contributed by atoms with van der Waals surface area (Å²) in [6.45, 7) is 7.51. The topological polar surface area (TPSA) is 17.1 Å². The van der Waals surface area contributed by atoms with Gasteiger partial charge in [-0.2, -0.15) is 11.8 Å². The predicted octanol–water partition coefficient (Wildman–Crippen LogP) is 5.33. The fourth-order valence-corrected chi connectivity index (χ4v) is 9.19. The van der Waals surface area contributed by atoms with Gasteiger partial charge in [0, 0.05) is 22.3 Å². The quantitative estimate of drug-likeness (QED) is 0.558. The van der Waals surface area contributed by atoms with Gasteiger partial charge in [0.25, 0.3) is 0 Å². The van der Waals surface area contributed by atoms with Crippen molar-refractivity contribution in [2.75, 3.05) is 5.75 Å². The van der Waals surface area contributed by atoms with Crippen molar-refractivity contribution in [3.63, 3.8) is 0 Å². The lowest BCUT2D eigenvalue weighted by atomic mass is 9.43. The molecule has 1 aliphatic heterocycles. The third kappa shape index (κ3) is 1.85. The zero-order valence-corrected chi connectivity index (χ0v) is 15.9. The van der Waals surface area contributed by atoms with Gasteiger partial charge in [0.2, 0.25) is 0 Å². The molecule has 0 bridgehead atoms. The molecule has 128 valence electrons. The van der Waals surface area contributed by atoms with E-state index in [2.05, 4.69) is 32.5 Å². The second-order valence-corrected chi connectivity index (χ2v) is 11.6. The van der Waals surface area contributed by atoms with Gasteiger partial charge in [-0.1, -0.05) is 20.8 Å². The molecule has 0 amide bonds. The van der Waals surface area contributed by atoms with Crippen LogP contribution in [0.2, 0.25) is 0 Å². The molecule has 0 aromatic rings. The number of thioether (sulfide) groups is 1. The number of carbonyl (C=O) groups excluding carboxylic acids is 1. The minimum atomic E-state index is 0.0538. The van der Waals surface area contributed by atoms with Crippen LogP contribution in [0.25, 0.3) is 0 Å². The smallest absolute Gasteiger partial charge is 0.139 e. The highest BCUT2D eigenvalue weighted by atomic mass is 32.2. The summed E-state index contributed by atoms with van der Waals surface area (Å²) in [5.74, 6) is 6.39. The van der Waals surface area contributed by atoms with Gasteiger partial charge in [0.05, 0.1) is 0 Å². The van der Waals surface area contributed by atoms with E-state index in [0.29, 0.717) is 21.9 Å². The number of hydrogen-bond acceptors (Lipinski definition) is 2. The fraction of sp³-hybridized carbons (Fsp3) is 0.952. The van der Waals surface area contributed by atoms with Crippen LogP contribution >= 0.6 is 11.8 Å². The zero-order chi connectivity index (χ0) is 16.0. The van der Waals surface area contributed by atoms with Crippen LogP contribution in [0.3, 0.4) is 0 Å². The van der Waals surface area contributed by atoms with Crippen LogP contribution in [0.4, 0.5) is 0 Å². The van der Waals surface area contributed by atoms with Gasteiger partial charge in [-0.3, -0.25) is 4.79 Å². The normalized spacial score (nSPS) is 61.0. The summed E-state index contributed by atoms with van der Waals surface area (Å²) in [5.41, 5.74) is 0.627. The molecule has 4 aliphatic carbocycles. The van der Waals surface area contributed by atoms with Crippen molar-refractivity contribution < 1.29 is 4.79 Å². The third-order valence-electron chi connectivity index (χ3n) is 9.53. The molecule has 5 aliphatic rings. The molecule has 1 saturated heterocycles. The Morgan fingerprint density at radius 3 is 2.57 bits per heavy atom. The standard InChI is InChI=1S/C21H32OS/c1-13-10-20(3)14(11-21(13)12-23-21)4-5-15-16-6-7-18(22)19(16,2)9-8-17(15)20/h13-17H,4-12H2,1-3H3/t13-,14+,15+,16-,17+,19+,20+,21+/m1/s1. The highest BCUT2D eigenvalue weighted by Gasteiger charge is 2.64. The highest BCUT2D eigenvalue weighted by molar-refractivity contribution is 8.07. The van der Waals surface area contributed by atoms with E-state index in [1.807, 2.05) is 0 Å². The summed E-state index contributed by atoms with van der Waals surface area (Å²) in [7, 11) is 0. The van der Waals surface area contributed by atoms with E-state index in [1.165, 1.54) is 50.7 Å². The molecule has 0 N–H and O–H groups in total. The predicted molar refractivity (Wildman–Crippen MR) is 96.5 cm³/mol. The minimum Gasteiger partial charge on any atom is -0.299 e. The Balaban J connectivity index is 1.47. The molecular formula is C21H32OS. The zero-order valence-electron chi connectivity index (χ0n) is 15.1. The molecular weight excluding hydrogens is 300 g/mol. The number of hydrogen-bond donors (Lipinski definition) is 0. The number of rotatable bonds is 0. The van der Waals surface area contributed by atoms with Crippen molar-refractivity contribution in [1.82, 2.24) is 0 Å². The lowest BCUT2D eigenvalue weighted by Gasteiger charge is -2.61. The van der Waals surface area contributed by atoms with E-state index in [1.54, 1.807) is 0 Å². The largest absolute Gasteiger partial charge is 0.299 e. The molecule has 4 saturated carbocycles. The van der Waals surface area contributed by atoms with E-state index < -0.39 is 0 Å². The van der Waals surface area contributed by atoms with Crippen molar-refractivity contribution >= 4 is 17.5 Å². The second kappa shape index (κ2) is 4.59. The molecule has 1 heterocycles. The first kappa shape index (κ1) is 15.3. The average Bonchev–Trinajstić information content (AvgIpc) is 3.22. The van der Waals surface area contributed by atoms with Crippen LogP contribution in [0.1, 0.15) is 72.1 Å². The van der Waals surface area contributed by atoms with Gasteiger partial charge in [-0.15, -0.1) is 0 Å². The molecule has 5 rings (SSSR count). The van der Waals surface area contributed by atoms with Gasteiger partial charge < -0.3 is 0 Å². The van der Waals surface area contributed by atoms with E-state index in [0.717, 1.165) is 30.1 Å². The van der Waals surface area contributed by atoms with Crippen LogP contribution in [0, 0.1) is 40.4 Å². The summed E-state index contributed by atoms with van der Waals surface area (Å²) in [6.07, 6.45) is 10.4. The first-order chi connectivity index (χ1) is 10.9. The van der Waals surface area contributed by atoms with Crippen molar-refractivity contribution in [3.05, 3.63) is 0 Å². The molecule has 8 atom stereocenters. The third-order valence-corrected chi connectivity index (χ3v) is 11.1. The monoisotopic (exact) mass is 332 g/mol. The van der Waals surface area contributed by atoms with Gasteiger partial charge in [-0.05, 0) is 80.0 Å². The van der Waals surface area contributed by atoms with Crippen molar-refractivity contribution in [1.29, 1.82) is 0 Å². The molecule has 1 nitrogen and oxygen atoms in total. The van der Waals surface area contributed by atoms with E-state index >= 15 is 0 Å². The lowest BCUT2D eigenvalue weighted by Crippen LogP contribution is -2.55. The Morgan fingerprint density at radius 1 is 1.04 bits per heavy atom. The summed E-state index contributed by atoms with van der Waals surface area (Å²) in [5, 5.41) is 0. The molecule has 2 heteroatoms. The number of fused-ring (bicyclic) bond motifs is 5. The maximum Gasteiger partial charge on any atom is 0.139 e. The molecule has 0 aromatic carbocycles. The van der Waals surface area contributed by atoms with Crippen LogP contribution in [-0.4, -0.2) is 16.3 Å². The SMILES string of the molecule is C[C@@H]1C[C@@]2(C)[C@@H](CC[C@H]3[C@H]4CCC(=O)[C@@]4(C)CC[C@@H]32)C[C@]12CS2. The lowest BCUT2D eigenvalue weighted by molar-refractivity contribution is -0.141. The first-order valence-corrected chi connectivity index (χ1v) is 11.0. The van der Waals surface area contributed by atoms with Crippen LogP contribution in [0.15, 0.2) is 0 Å². The molecule has 0 radical (unpaired) electrons. The maximum absolute atomic E-state index is 12.5. The fourth-order valence-electron chi connectivity index (χ4n) is 7.92. The number of ketones is 1. The van der Waals surface area contributed by atoms with Crippen LogP contribution < -0.4 is 0 Å². The number of Topliss-reactive ketones (excluding diaryl/α,β-unsaturated/α-hetero) is 1. The Labute approximate surface area is 145 Å². The van der Waals surface area contributed by atoms with Gasteiger partial charge >= 0.3 is 0 Å². The molecule has 0 unspecified atom stereocenters. The van der Waals surface area contributed by atoms with E-state index in [4.69, 9.17) is 0 Å². The van der Waals surface area contributed by atoms with Gasteiger partial charge in [0.15, 0.2) is 0 Å². The highest BCUT2D eigenvalue weighted by Crippen LogP contribution is 2.70. The summed E-state index contributed by atoms with van der Waals surface area (Å²) in [4.78, 5) is 12.5. The van der Waals surface area contributed by atoms with E-state index in [-0.39, 0.29) is 5.41 Å². The van der Waals surface area contributed by atoms with Crippen molar-refractivity contribution in [2.24, 2.45) is 40.4 Å². The Morgan fingerprint density at radius 2 is 1.83 bits per heavy atom. The van der Waals surface area contributed by atoms with Gasteiger partial charge in [-0.25, -0.2) is 0 Å². The van der Waals surface area contributed by atoms with Crippen molar-refractivity contribution in [2.45, 2.75) is 76.9 Å². The van der Waals surface area contributed by atoms with E-state index in [9.17, 15) is 4.79 Å². The Kier molecular flexibility index (Phi) is 3.05. The molecule has 0 aromatic heterocycles. The summed E-state index contributed by atoms with van der Waals surface area (Å²) < 4.78 is 0.684. The number of carbonyl (C=O) groups is 1. The summed E-state index contributed by atoms with van der Waals surface area (Å²) >= 11 is 2.25. The average molecular weight is 333 g/mol. The molecule has 5 fully saturated rings. The first-order valence-electron chi connectivity index (χ1n) is 10.1. The van der Waals surface area contributed by atoms with Crippen LogP contribution in [0.5, 0.6) is 0 Å². The van der Waals surface area contributed by atoms with Gasteiger partial charge in [0.1, 0.15) is 5.78 Å². The Hall–Kier alpha value is 0.0200. The minimum absolute atomic E-state index is 0.0538. The Bertz CT molecular complexity index is 552. The van der Waals surface area contributed by atoms with Crippen molar-refractivity contribution in [3.8, 4) is 0 Å². The maximum atomic E-state index is 12.5.